The van der Waals surface area contributed by atoms with Gasteiger partial charge in [0.25, 0.3) is 5.91 Å². The van der Waals surface area contributed by atoms with Gasteiger partial charge >= 0.3 is 6.36 Å². The molecule has 1 aromatic rings. The second kappa shape index (κ2) is 8.80. The van der Waals surface area contributed by atoms with Gasteiger partial charge in [0, 0.05) is 25.8 Å². The van der Waals surface area contributed by atoms with Gasteiger partial charge in [0.05, 0.1) is 0 Å². The molecule has 0 atom stereocenters. The van der Waals surface area contributed by atoms with E-state index in [4.69, 9.17) is 10.00 Å². The number of hydrogen-bond acceptors (Lipinski definition) is 4. The van der Waals surface area contributed by atoms with Gasteiger partial charge < -0.3 is 14.8 Å². The van der Waals surface area contributed by atoms with Crippen molar-refractivity contribution in [2.75, 3.05) is 20.3 Å². The van der Waals surface area contributed by atoms with E-state index in [0.717, 1.165) is 12.1 Å². The number of amides is 1. The lowest BCUT2D eigenvalue weighted by atomic mass is 10.1. The summed E-state index contributed by atoms with van der Waals surface area (Å²) in [5, 5.41) is 11.5. The molecular formula is C15H15F3N2O3. The highest BCUT2D eigenvalue weighted by Gasteiger charge is 2.31. The molecule has 0 unspecified atom stereocenters. The molecule has 0 fully saturated rings. The van der Waals surface area contributed by atoms with E-state index >= 15 is 0 Å². The smallest absolute Gasteiger partial charge is 0.405 e. The average molecular weight is 328 g/mol. The van der Waals surface area contributed by atoms with Crippen LogP contribution < -0.4 is 10.1 Å². The van der Waals surface area contributed by atoms with E-state index in [9.17, 15) is 18.0 Å². The van der Waals surface area contributed by atoms with Crippen LogP contribution in [0.1, 0.15) is 12.0 Å². The Balaban J connectivity index is 2.90. The monoisotopic (exact) mass is 328 g/mol. The average Bonchev–Trinajstić information content (AvgIpc) is 2.49. The minimum absolute atomic E-state index is 0.0200. The van der Waals surface area contributed by atoms with Crippen LogP contribution in [0.4, 0.5) is 13.2 Å². The number of carbonyl (C=O) groups is 1. The van der Waals surface area contributed by atoms with E-state index in [-0.39, 0.29) is 17.7 Å². The summed E-state index contributed by atoms with van der Waals surface area (Å²) in [4.78, 5) is 11.8. The van der Waals surface area contributed by atoms with Crippen molar-refractivity contribution in [1.29, 1.82) is 5.26 Å². The first kappa shape index (κ1) is 18.5. The zero-order valence-electron chi connectivity index (χ0n) is 12.3. The summed E-state index contributed by atoms with van der Waals surface area (Å²) in [5.41, 5.74) is -0.339. The number of hydrogen-bond donors (Lipinski definition) is 1. The molecule has 1 amide bonds. The van der Waals surface area contributed by atoms with Gasteiger partial charge in [-0.2, -0.15) is 5.26 Å². The third kappa shape index (κ3) is 6.84. The van der Waals surface area contributed by atoms with Gasteiger partial charge in [0.15, 0.2) is 0 Å². The molecule has 0 aliphatic carbocycles. The first-order valence-electron chi connectivity index (χ1n) is 6.61. The largest absolute Gasteiger partial charge is 0.573 e. The summed E-state index contributed by atoms with van der Waals surface area (Å²) < 4.78 is 45.7. The minimum atomic E-state index is -4.86. The summed E-state index contributed by atoms with van der Waals surface area (Å²) >= 11 is 0. The van der Waals surface area contributed by atoms with Gasteiger partial charge in [-0.05, 0) is 18.6 Å². The zero-order valence-corrected chi connectivity index (χ0v) is 12.3. The fourth-order valence-electron chi connectivity index (χ4n) is 1.64. The number of halogens is 3. The molecule has 0 aromatic heterocycles. The number of para-hydroxylation sites is 1. The Kier molecular flexibility index (Phi) is 7.09. The Morgan fingerprint density at radius 3 is 2.70 bits per heavy atom. The minimum Gasteiger partial charge on any atom is -0.405 e. The molecule has 8 heteroatoms. The fourth-order valence-corrected chi connectivity index (χ4v) is 1.64. The van der Waals surface area contributed by atoms with Crippen molar-refractivity contribution in [3.63, 3.8) is 0 Å². The van der Waals surface area contributed by atoms with E-state index in [0.29, 0.717) is 13.0 Å². The van der Waals surface area contributed by atoms with E-state index in [1.54, 1.807) is 6.07 Å². The third-order valence-corrected chi connectivity index (χ3v) is 2.62. The van der Waals surface area contributed by atoms with Crippen LogP contribution >= 0.6 is 0 Å². The standard InChI is InChI=1S/C15H15F3N2O3/c1-22-8-4-7-20-14(21)12(10-19)9-11-5-2-3-6-13(11)23-15(16,17)18/h2-3,5-6,9H,4,7-8H2,1H3,(H,20,21)/b12-9+. The molecule has 0 aliphatic heterocycles. The molecule has 0 bridgehead atoms. The number of carbonyl (C=O) groups excluding carboxylic acids is 1. The molecule has 124 valence electrons. The fraction of sp³-hybridized carbons (Fsp3) is 0.333. The molecule has 1 rings (SSSR count). The van der Waals surface area contributed by atoms with Crippen LogP contribution in [0.25, 0.3) is 6.08 Å². The number of ether oxygens (including phenoxy) is 2. The van der Waals surface area contributed by atoms with Crippen LogP contribution in [-0.2, 0) is 9.53 Å². The summed E-state index contributed by atoms with van der Waals surface area (Å²) in [5.74, 6) is -1.16. The Hall–Kier alpha value is -2.53. The highest BCUT2D eigenvalue weighted by molar-refractivity contribution is 6.01. The number of methoxy groups -OCH3 is 1. The quantitative estimate of drug-likeness (QED) is 0.474. The second-order valence-corrected chi connectivity index (χ2v) is 4.36. The summed E-state index contributed by atoms with van der Waals surface area (Å²) in [6, 6.07) is 6.91. The normalized spacial score (nSPS) is 11.7. The van der Waals surface area contributed by atoms with Crippen LogP contribution in [0.15, 0.2) is 29.8 Å². The predicted octanol–water partition coefficient (Wildman–Crippen LogP) is 2.64. The lowest BCUT2D eigenvalue weighted by Gasteiger charge is -2.11. The molecule has 0 saturated carbocycles. The van der Waals surface area contributed by atoms with Gasteiger partial charge in [-0.15, -0.1) is 13.2 Å². The van der Waals surface area contributed by atoms with Crippen LogP contribution in [0.3, 0.4) is 0 Å². The number of nitriles is 1. The topological polar surface area (TPSA) is 71.3 Å². The Morgan fingerprint density at radius 2 is 2.09 bits per heavy atom. The SMILES string of the molecule is COCCCNC(=O)/C(C#N)=C/c1ccccc1OC(F)(F)F. The van der Waals surface area contributed by atoms with Crippen molar-refractivity contribution < 1.29 is 27.4 Å². The van der Waals surface area contributed by atoms with Crippen LogP contribution in [0.2, 0.25) is 0 Å². The first-order valence-corrected chi connectivity index (χ1v) is 6.61. The summed E-state index contributed by atoms with van der Waals surface area (Å²) in [6.07, 6.45) is -3.26. The van der Waals surface area contributed by atoms with Crippen molar-refractivity contribution in [1.82, 2.24) is 5.32 Å². The van der Waals surface area contributed by atoms with Crippen molar-refractivity contribution in [2.24, 2.45) is 0 Å². The lowest BCUT2D eigenvalue weighted by molar-refractivity contribution is -0.274. The van der Waals surface area contributed by atoms with Crippen LogP contribution in [-0.4, -0.2) is 32.5 Å². The molecule has 0 radical (unpaired) electrons. The first-order chi connectivity index (χ1) is 10.9. The van der Waals surface area contributed by atoms with E-state index in [2.05, 4.69) is 10.1 Å². The van der Waals surface area contributed by atoms with Crippen molar-refractivity contribution in [3.8, 4) is 11.8 Å². The number of nitrogens with one attached hydrogen (secondary N) is 1. The molecule has 0 saturated heterocycles. The Bertz CT molecular complexity index is 607. The summed E-state index contributed by atoms with van der Waals surface area (Å²) in [7, 11) is 1.51. The molecule has 0 heterocycles. The lowest BCUT2D eigenvalue weighted by Crippen LogP contribution is -2.26. The highest BCUT2D eigenvalue weighted by atomic mass is 19.4. The van der Waals surface area contributed by atoms with Gasteiger partial charge in [0.1, 0.15) is 17.4 Å². The molecule has 23 heavy (non-hydrogen) atoms. The maximum absolute atomic E-state index is 12.3. The third-order valence-electron chi connectivity index (χ3n) is 2.62. The van der Waals surface area contributed by atoms with Gasteiger partial charge in [-0.25, -0.2) is 0 Å². The Morgan fingerprint density at radius 1 is 1.39 bits per heavy atom. The van der Waals surface area contributed by atoms with E-state index in [1.165, 1.54) is 25.3 Å². The van der Waals surface area contributed by atoms with Crippen molar-refractivity contribution in [3.05, 3.63) is 35.4 Å². The maximum atomic E-state index is 12.3. The van der Waals surface area contributed by atoms with E-state index in [1.807, 2.05) is 0 Å². The maximum Gasteiger partial charge on any atom is 0.573 e. The molecule has 5 nitrogen and oxygen atoms in total. The second-order valence-electron chi connectivity index (χ2n) is 4.36. The van der Waals surface area contributed by atoms with Crippen molar-refractivity contribution >= 4 is 12.0 Å². The van der Waals surface area contributed by atoms with E-state index < -0.39 is 18.0 Å². The number of nitrogens with zero attached hydrogens (tertiary/aromatic N) is 1. The molecule has 0 aliphatic rings. The van der Waals surface area contributed by atoms with Crippen LogP contribution in [0.5, 0.6) is 5.75 Å². The predicted molar refractivity (Wildman–Crippen MR) is 76.2 cm³/mol. The van der Waals surface area contributed by atoms with Gasteiger partial charge in [-0.3, -0.25) is 4.79 Å². The molecule has 0 spiro atoms. The number of rotatable bonds is 7. The highest BCUT2D eigenvalue weighted by Crippen LogP contribution is 2.27. The van der Waals surface area contributed by atoms with Gasteiger partial charge in [-0.1, -0.05) is 18.2 Å². The van der Waals surface area contributed by atoms with Crippen molar-refractivity contribution in [2.45, 2.75) is 12.8 Å². The van der Waals surface area contributed by atoms with Gasteiger partial charge in [0.2, 0.25) is 0 Å². The molecule has 1 N–H and O–H groups in total. The summed E-state index contributed by atoms with van der Waals surface area (Å²) in [6.45, 7) is 0.723. The number of benzene rings is 1. The zero-order chi connectivity index (χ0) is 17.3. The molecular weight excluding hydrogens is 313 g/mol. The number of alkyl halides is 3. The Labute approximate surface area is 131 Å². The van der Waals surface area contributed by atoms with Crippen LogP contribution in [0, 0.1) is 11.3 Å². The molecule has 1 aromatic carbocycles.